The predicted molar refractivity (Wildman–Crippen MR) is 74.7 cm³/mol. The van der Waals surface area contributed by atoms with Crippen LogP contribution in [0.5, 0.6) is 0 Å². The predicted octanol–water partition coefficient (Wildman–Crippen LogP) is 1.83. The number of rotatable bonds is 7. The molecule has 0 heterocycles. The number of hydrogen-bond donors (Lipinski definition) is 1. The van der Waals surface area contributed by atoms with Crippen molar-refractivity contribution in [3.63, 3.8) is 0 Å². The van der Waals surface area contributed by atoms with Gasteiger partial charge in [0, 0.05) is 25.2 Å². The van der Waals surface area contributed by atoms with Crippen LogP contribution in [0.15, 0.2) is 17.0 Å². The van der Waals surface area contributed by atoms with Crippen LogP contribution < -0.4 is 0 Å². The van der Waals surface area contributed by atoms with E-state index in [0.29, 0.717) is 6.61 Å². The van der Waals surface area contributed by atoms with Gasteiger partial charge in [-0.05, 0) is 19.1 Å². The molecule has 118 valence electrons. The first-order valence-corrected chi connectivity index (χ1v) is 7.80. The second-order valence-corrected chi connectivity index (χ2v) is 6.54. The zero-order valence-corrected chi connectivity index (χ0v) is 13.0. The van der Waals surface area contributed by atoms with Crippen molar-refractivity contribution in [2.24, 2.45) is 0 Å². The molecular weight excluding hydrogens is 325 g/mol. The van der Waals surface area contributed by atoms with Gasteiger partial charge < -0.3 is 9.84 Å². The average Bonchev–Trinajstić information content (AvgIpc) is 2.40. The third-order valence-electron chi connectivity index (χ3n) is 2.68. The Morgan fingerprint density at radius 2 is 2.10 bits per heavy atom. The Morgan fingerprint density at radius 3 is 2.62 bits per heavy atom. The number of carboxylic acid groups (broad SMARTS) is 1. The Bertz CT molecular complexity index is 635. The summed E-state index contributed by atoms with van der Waals surface area (Å²) in [6, 6.07) is 1.74. The van der Waals surface area contributed by atoms with E-state index in [9.17, 15) is 17.6 Å². The van der Waals surface area contributed by atoms with Crippen molar-refractivity contribution in [2.45, 2.75) is 11.8 Å². The highest BCUT2D eigenvalue weighted by Gasteiger charge is 2.28. The SMILES string of the molecule is CCOCCN(C)S(=O)(=O)c1cc(Cl)cc(C(=O)O)c1F. The third-order valence-corrected chi connectivity index (χ3v) is 4.75. The van der Waals surface area contributed by atoms with E-state index < -0.39 is 32.3 Å². The number of likely N-dealkylation sites (N-methyl/N-ethyl adjacent to an activating group) is 1. The number of halogens is 2. The van der Waals surface area contributed by atoms with Crippen molar-refractivity contribution < 1.29 is 27.4 Å². The molecule has 1 rings (SSSR count). The summed E-state index contributed by atoms with van der Waals surface area (Å²) < 4.78 is 44.5. The molecule has 1 N–H and O–H groups in total. The van der Waals surface area contributed by atoms with Gasteiger partial charge in [-0.1, -0.05) is 11.6 Å². The van der Waals surface area contributed by atoms with Gasteiger partial charge in [-0.25, -0.2) is 17.6 Å². The molecule has 0 bridgehead atoms. The summed E-state index contributed by atoms with van der Waals surface area (Å²) >= 11 is 5.67. The highest BCUT2D eigenvalue weighted by Crippen LogP contribution is 2.25. The van der Waals surface area contributed by atoms with Gasteiger partial charge in [-0.2, -0.15) is 4.31 Å². The van der Waals surface area contributed by atoms with E-state index >= 15 is 0 Å². The minimum atomic E-state index is -4.20. The molecule has 0 aliphatic rings. The molecule has 6 nitrogen and oxygen atoms in total. The number of ether oxygens (including phenoxy) is 1. The molecule has 0 aliphatic carbocycles. The second kappa shape index (κ2) is 7.17. The fourth-order valence-electron chi connectivity index (χ4n) is 1.53. The van der Waals surface area contributed by atoms with E-state index in [-0.39, 0.29) is 18.2 Å². The van der Waals surface area contributed by atoms with E-state index in [1.54, 1.807) is 6.92 Å². The van der Waals surface area contributed by atoms with Gasteiger partial charge >= 0.3 is 5.97 Å². The fourth-order valence-corrected chi connectivity index (χ4v) is 3.08. The van der Waals surface area contributed by atoms with Crippen LogP contribution >= 0.6 is 11.6 Å². The second-order valence-electron chi connectivity index (χ2n) is 4.09. The molecule has 0 saturated carbocycles. The van der Waals surface area contributed by atoms with Gasteiger partial charge in [0.2, 0.25) is 10.0 Å². The van der Waals surface area contributed by atoms with Crippen LogP contribution in [0.25, 0.3) is 0 Å². The molecule has 21 heavy (non-hydrogen) atoms. The van der Waals surface area contributed by atoms with Crippen LogP contribution in [0.2, 0.25) is 5.02 Å². The van der Waals surface area contributed by atoms with Crippen LogP contribution in [0, 0.1) is 5.82 Å². The monoisotopic (exact) mass is 339 g/mol. The molecular formula is C12H15ClFNO5S. The first kappa shape index (κ1) is 17.8. The maximum atomic E-state index is 14.1. The quantitative estimate of drug-likeness (QED) is 0.766. The Balaban J connectivity index is 3.22. The number of hydrogen-bond acceptors (Lipinski definition) is 4. The van der Waals surface area contributed by atoms with E-state index in [1.165, 1.54) is 7.05 Å². The summed E-state index contributed by atoms with van der Waals surface area (Å²) in [6.07, 6.45) is 0. The number of aromatic carboxylic acids is 1. The smallest absolute Gasteiger partial charge is 0.338 e. The molecule has 0 unspecified atom stereocenters. The van der Waals surface area contributed by atoms with E-state index in [1.807, 2.05) is 0 Å². The minimum Gasteiger partial charge on any atom is -0.478 e. The first-order chi connectivity index (χ1) is 9.71. The van der Waals surface area contributed by atoms with Gasteiger partial charge in [0.05, 0.1) is 12.2 Å². The molecule has 0 aromatic heterocycles. The molecule has 0 fully saturated rings. The van der Waals surface area contributed by atoms with Gasteiger partial charge in [0.15, 0.2) is 5.82 Å². The number of nitrogens with zero attached hydrogens (tertiary/aromatic N) is 1. The molecule has 0 amide bonds. The van der Waals surface area contributed by atoms with Gasteiger partial charge in [0.25, 0.3) is 0 Å². The lowest BCUT2D eigenvalue weighted by atomic mass is 10.2. The molecule has 0 atom stereocenters. The summed E-state index contributed by atoms with van der Waals surface area (Å²) in [7, 11) is -2.95. The standard InChI is InChI=1S/C12H15ClFNO5S/c1-3-20-5-4-15(2)21(18,19)10-7-8(13)6-9(11(10)14)12(16)17/h6-7H,3-5H2,1-2H3,(H,16,17). The highest BCUT2D eigenvalue weighted by molar-refractivity contribution is 7.89. The maximum absolute atomic E-state index is 14.1. The zero-order valence-electron chi connectivity index (χ0n) is 11.5. The minimum absolute atomic E-state index is 0.00450. The average molecular weight is 340 g/mol. The van der Waals surface area contributed by atoms with Crippen LogP contribution in [-0.4, -0.2) is 50.6 Å². The fraction of sp³-hybridized carbons (Fsp3) is 0.417. The summed E-state index contributed by atoms with van der Waals surface area (Å²) in [5.41, 5.74) is -0.792. The first-order valence-electron chi connectivity index (χ1n) is 5.98. The van der Waals surface area contributed by atoms with Crippen molar-refractivity contribution in [1.29, 1.82) is 0 Å². The summed E-state index contributed by atoms with van der Waals surface area (Å²) in [5, 5.41) is 8.69. The van der Waals surface area contributed by atoms with Crippen molar-refractivity contribution in [2.75, 3.05) is 26.8 Å². The van der Waals surface area contributed by atoms with Crippen LogP contribution in [0.1, 0.15) is 17.3 Å². The number of carboxylic acids is 1. The largest absolute Gasteiger partial charge is 0.478 e. The normalized spacial score (nSPS) is 11.9. The molecule has 0 saturated heterocycles. The third kappa shape index (κ3) is 4.13. The summed E-state index contributed by atoms with van der Waals surface area (Å²) in [4.78, 5) is 10.1. The van der Waals surface area contributed by atoms with Gasteiger partial charge in [0.1, 0.15) is 4.90 Å². The number of benzene rings is 1. The number of carbonyl (C=O) groups is 1. The Labute approximate surface area is 127 Å². The van der Waals surface area contributed by atoms with Crippen LogP contribution in [-0.2, 0) is 14.8 Å². The molecule has 0 radical (unpaired) electrons. The van der Waals surface area contributed by atoms with Crippen molar-refractivity contribution in [1.82, 2.24) is 4.31 Å². The maximum Gasteiger partial charge on any atom is 0.338 e. The number of sulfonamides is 1. The lowest BCUT2D eigenvalue weighted by molar-refractivity contribution is 0.0691. The topological polar surface area (TPSA) is 83.9 Å². The van der Waals surface area contributed by atoms with Gasteiger partial charge in [-0.15, -0.1) is 0 Å². The highest BCUT2D eigenvalue weighted by atomic mass is 35.5. The van der Waals surface area contributed by atoms with Crippen LogP contribution in [0.4, 0.5) is 4.39 Å². The lowest BCUT2D eigenvalue weighted by Gasteiger charge is -2.18. The molecule has 9 heteroatoms. The summed E-state index contributed by atoms with van der Waals surface area (Å²) in [5.74, 6) is -2.93. The molecule has 0 spiro atoms. The zero-order chi connectivity index (χ0) is 16.2. The van der Waals surface area contributed by atoms with Crippen molar-refractivity contribution in [3.05, 3.63) is 28.5 Å². The van der Waals surface area contributed by atoms with E-state index in [0.717, 1.165) is 16.4 Å². The Morgan fingerprint density at radius 1 is 1.48 bits per heavy atom. The molecule has 0 aliphatic heterocycles. The summed E-state index contributed by atoms with van der Waals surface area (Å²) in [6.45, 7) is 2.32. The Hall–Kier alpha value is -1.22. The molecule has 1 aromatic rings. The van der Waals surface area contributed by atoms with Gasteiger partial charge in [-0.3, -0.25) is 0 Å². The van der Waals surface area contributed by atoms with E-state index in [2.05, 4.69) is 0 Å². The lowest BCUT2D eigenvalue weighted by Crippen LogP contribution is -2.31. The van der Waals surface area contributed by atoms with E-state index in [4.69, 9.17) is 21.4 Å². The van der Waals surface area contributed by atoms with Crippen molar-refractivity contribution >= 4 is 27.6 Å². The van der Waals surface area contributed by atoms with Crippen LogP contribution in [0.3, 0.4) is 0 Å². The molecule has 1 aromatic carbocycles. The van der Waals surface area contributed by atoms with Crippen molar-refractivity contribution in [3.8, 4) is 0 Å². The Kier molecular flexibility index (Phi) is 6.09.